The van der Waals surface area contributed by atoms with Gasteiger partial charge in [0.25, 0.3) is 0 Å². The first-order chi connectivity index (χ1) is 8.08. The quantitative estimate of drug-likeness (QED) is 0.829. The normalized spacial score (nSPS) is 12.5. The van der Waals surface area contributed by atoms with Gasteiger partial charge in [-0.25, -0.2) is 0 Å². The minimum absolute atomic E-state index is 0.114. The van der Waals surface area contributed by atoms with Crippen LogP contribution in [0.5, 0.6) is 0 Å². The second-order valence-corrected chi connectivity index (χ2v) is 4.74. The number of hydrogen-bond donors (Lipinski definition) is 1. The number of carbonyl (C=O) groups excluding carboxylic acids is 1. The molecule has 0 aliphatic rings. The molecule has 94 valence electrons. The first kappa shape index (κ1) is 13.8. The van der Waals surface area contributed by atoms with Crippen molar-refractivity contribution < 1.29 is 4.79 Å². The van der Waals surface area contributed by atoms with E-state index in [9.17, 15) is 4.79 Å². The average molecular weight is 233 g/mol. The van der Waals surface area contributed by atoms with Crippen LogP contribution in [-0.4, -0.2) is 5.91 Å². The van der Waals surface area contributed by atoms with Gasteiger partial charge < -0.3 is 5.32 Å². The number of aryl methyl sites for hydroxylation is 1. The van der Waals surface area contributed by atoms with Gasteiger partial charge in [-0.05, 0) is 23.5 Å². The third-order valence-corrected chi connectivity index (χ3v) is 3.05. The lowest BCUT2D eigenvalue weighted by atomic mass is 9.95. The van der Waals surface area contributed by atoms with E-state index in [-0.39, 0.29) is 11.9 Å². The highest BCUT2D eigenvalue weighted by molar-refractivity contribution is 5.76. The molecule has 0 saturated carbocycles. The van der Waals surface area contributed by atoms with Crippen molar-refractivity contribution in [3.63, 3.8) is 0 Å². The van der Waals surface area contributed by atoms with E-state index in [1.54, 1.807) is 0 Å². The molecule has 0 heterocycles. The Morgan fingerprint density at radius 2 is 1.76 bits per heavy atom. The summed E-state index contributed by atoms with van der Waals surface area (Å²) < 4.78 is 0. The predicted molar refractivity (Wildman–Crippen MR) is 71.8 cm³/mol. The number of nitrogens with one attached hydrogen (secondary N) is 1. The minimum atomic E-state index is 0.114. The summed E-state index contributed by atoms with van der Waals surface area (Å²) >= 11 is 0. The van der Waals surface area contributed by atoms with E-state index < -0.39 is 0 Å². The average Bonchev–Trinajstić information content (AvgIpc) is 2.35. The van der Waals surface area contributed by atoms with E-state index in [1.165, 1.54) is 11.1 Å². The standard InChI is InChI=1S/C15H23NO/c1-5-12-7-9-13(10-8-12)15(11(3)4)16-14(17)6-2/h7-11,15H,5-6H2,1-4H3,(H,16,17). The smallest absolute Gasteiger partial charge is 0.220 e. The van der Waals surface area contributed by atoms with E-state index in [0.717, 1.165) is 6.42 Å². The summed E-state index contributed by atoms with van der Waals surface area (Å²) in [5, 5.41) is 3.08. The van der Waals surface area contributed by atoms with Crippen LogP contribution >= 0.6 is 0 Å². The van der Waals surface area contributed by atoms with Crippen LogP contribution in [0.1, 0.15) is 51.3 Å². The number of hydrogen-bond acceptors (Lipinski definition) is 1. The van der Waals surface area contributed by atoms with E-state index in [4.69, 9.17) is 0 Å². The van der Waals surface area contributed by atoms with Crippen LogP contribution in [-0.2, 0) is 11.2 Å². The Hall–Kier alpha value is -1.31. The van der Waals surface area contributed by atoms with Gasteiger partial charge in [-0.3, -0.25) is 4.79 Å². The molecule has 1 aromatic carbocycles. The van der Waals surface area contributed by atoms with Crippen LogP contribution in [0.15, 0.2) is 24.3 Å². The molecule has 0 spiro atoms. The van der Waals surface area contributed by atoms with Crippen LogP contribution < -0.4 is 5.32 Å². The molecular weight excluding hydrogens is 210 g/mol. The first-order valence-electron chi connectivity index (χ1n) is 6.46. The number of carbonyl (C=O) groups is 1. The Bertz CT molecular complexity index is 354. The summed E-state index contributed by atoms with van der Waals surface area (Å²) in [5.74, 6) is 0.515. The van der Waals surface area contributed by atoms with Crippen LogP contribution in [0, 0.1) is 5.92 Å². The fraction of sp³-hybridized carbons (Fsp3) is 0.533. The third-order valence-electron chi connectivity index (χ3n) is 3.05. The molecular formula is C15H23NO. The van der Waals surface area contributed by atoms with Crippen molar-refractivity contribution >= 4 is 5.91 Å². The zero-order valence-electron chi connectivity index (χ0n) is 11.3. The minimum Gasteiger partial charge on any atom is -0.349 e. The molecule has 0 aliphatic heterocycles. The van der Waals surface area contributed by atoms with Gasteiger partial charge >= 0.3 is 0 Å². The Morgan fingerprint density at radius 1 is 1.18 bits per heavy atom. The van der Waals surface area contributed by atoms with Gasteiger partial charge in [-0.2, -0.15) is 0 Å². The van der Waals surface area contributed by atoms with E-state index in [2.05, 4.69) is 50.4 Å². The van der Waals surface area contributed by atoms with Crippen LogP contribution in [0.4, 0.5) is 0 Å². The maximum atomic E-state index is 11.5. The van der Waals surface area contributed by atoms with Gasteiger partial charge in [0, 0.05) is 6.42 Å². The van der Waals surface area contributed by atoms with Crippen LogP contribution in [0.25, 0.3) is 0 Å². The Kier molecular flexibility index (Phi) is 5.20. The van der Waals surface area contributed by atoms with Crippen LogP contribution in [0.3, 0.4) is 0 Å². The van der Waals surface area contributed by atoms with Crippen molar-refractivity contribution in [1.29, 1.82) is 0 Å². The topological polar surface area (TPSA) is 29.1 Å². The lowest BCUT2D eigenvalue weighted by molar-refractivity contribution is -0.121. The molecule has 0 aromatic heterocycles. The van der Waals surface area contributed by atoms with Crippen LogP contribution in [0.2, 0.25) is 0 Å². The fourth-order valence-corrected chi connectivity index (χ4v) is 1.87. The Morgan fingerprint density at radius 3 is 2.18 bits per heavy atom. The monoisotopic (exact) mass is 233 g/mol. The summed E-state index contributed by atoms with van der Waals surface area (Å²) in [6.45, 7) is 8.30. The summed E-state index contributed by atoms with van der Waals surface area (Å²) in [6.07, 6.45) is 1.59. The second kappa shape index (κ2) is 6.43. The zero-order chi connectivity index (χ0) is 12.8. The molecule has 1 aromatic rings. The highest BCUT2D eigenvalue weighted by atomic mass is 16.1. The molecule has 1 amide bonds. The van der Waals surface area contributed by atoms with Gasteiger partial charge in [0.2, 0.25) is 5.91 Å². The maximum Gasteiger partial charge on any atom is 0.220 e. The lowest BCUT2D eigenvalue weighted by Crippen LogP contribution is -2.31. The molecule has 0 aliphatic carbocycles. The van der Waals surface area contributed by atoms with E-state index in [1.807, 2.05) is 6.92 Å². The number of benzene rings is 1. The highest BCUT2D eigenvalue weighted by Crippen LogP contribution is 2.22. The number of rotatable bonds is 5. The Balaban J connectivity index is 2.85. The molecule has 0 bridgehead atoms. The molecule has 1 rings (SSSR count). The number of amides is 1. The molecule has 1 unspecified atom stereocenters. The third kappa shape index (κ3) is 3.88. The second-order valence-electron chi connectivity index (χ2n) is 4.74. The van der Waals surface area contributed by atoms with Crippen molar-refractivity contribution in [3.8, 4) is 0 Å². The largest absolute Gasteiger partial charge is 0.349 e. The summed E-state index contributed by atoms with van der Waals surface area (Å²) in [4.78, 5) is 11.5. The maximum absolute atomic E-state index is 11.5. The Labute approximate surface area is 104 Å². The van der Waals surface area contributed by atoms with E-state index >= 15 is 0 Å². The molecule has 1 N–H and O–H groups in total. The molecule has 1 atom stereocenters. The summed E-state index contributed by atoms with van der Waals surface area (Å²) in [7, 11) is 0. The summed E-state index contributed by atoms with van der Waals surface area (Å²) in [6, 6.07) is 8.65. The molecule has 17 heavy (non-hydrogen) atoms. The van der Waals surface area contributed by atoms with Crippen molar-refractivity contribution in [1.82, 2.24) is 5.32 Å². The molecule has 2 nitrogen and oxygen atoms in total. The SMILES string of the molecule is CCC(=O)NC(c1ccc(CC)cc1)C(C)C. The van der Waals surface area contributed by atoms with Crippen molar-refractivity contribution in [2.24, 2.45) is 5.92 Å². The van der Waals surface area contributed by atoms with Gasteiger partial charge in [-0.15, -0.1) is 0 Å². The molecule has 0 fully saturated rings. The predicted octanol–water partition coefficient (Wildman–Crippen LogP) is 3.47. The van der Waals surface area contributed by atoms with Gasteiger partial charge in [0.1, 0.15) is 0 Å². The summed E-state index contributed by atoms with van der Waals surface area (Å²) in [5.41, 5.74) is 2.53. The zero-order valence-corrected chi connectivity index (χ0v) is 11.3. The van der Waals surface area contributed by atoms with Gasteiger partial charge in [-0.1, -0.05) is 52.0 Å². The fourth-order valence-electron chi connectivity index (χ4n) is 1.87. The highest BCUT2D eigenvalue weighted by Gasteiger charge is 2.17. The van der Waals surface area contributed by atoms with Gasteiger partial charge in [0.05, 0.1) is 6.04 Å². The van der Waals surface area contributed by atoms with Crippen molar-refractivity contribution in [2.45, 2.75) is 46.6 Å². The van der Waals surface area contributed by atoms with Crippen molar-refractivity contribution in [3.05, 3.63) is 35.4 Å². The van der Waals surface area contributed by atoms with Crippen molar-refractivity contribution in [2.75, 3.05) is 0 Å². The molecule has 0 saturated heterocycles. The molecule has 2 heteroatoms. The first-order valence-corrected chi connectivity index (χ1v) is 6.46. The van der Waals surface area contributed by atoms with E-state index in [0.29, 0.717) is 12.3 Å². The van der Waals surface area contributed by atoms with Gasteiger partial charge in [0.15, 0.2) is 0 Å². The molecule has 0 radical (unpaired) electrons. The lowest BCUT2D eigenvalue weighted by Gasteiger charge is -2.23.